The van der Waals surface area contributed by atoms with Crippen LogP contribution in [0.15, 0.2) is 36.7 Å². The molecule has 1 aliphatic heterocycles. The average Bonchev–Trinajstić information content (AvgIpc) is 3.34. The van der Waals surface area contributed by atoms with E-state index in [1.165, 1.54) is 0 Å². The Kier molecular flexibility index (Phi) is 6.04. The van der Waals surface area contributed by atoms with Crippen LogP contribution < -0.4 is 16.4 Å². The van der Waals surface area contributed by atoms with E-state index in [0.717, 1.165) is 47.8 Å². The molecule has 1 aromatic carbocycles. The number of benzene rings is 1. The van der Waals surface area contributed by atoms with Crippen LogP contribution in [0.2, 0.25) is 0 Å². The summed E-state index contributed by atoms with van der Waals surface area (Å²) in [5, 5.41) is 17.5. The molecule has 0 saturated carbocycles. The Balaban J connectivity index is 1.66. The van der Waals surface area contributed by atoms with E-state index in [-0.39, 0.29) is 24.0 Å². The zero-order valence-corrected chi connectivity index (χ0v) is 19.5. The second-order valence-corrected chi connectivity index (χ2v) is 8.87. The summed E-state index contributed by atoms with van der Waals surface area (Å²) in [5.41, 5.74) is 16.7. The van der Waals surface area contributed by atoms with Crippen molar-refractivity contribution >= 4 is 28.4 Å². The van der Waals surface area contributed by atoms with Gasteiger partial charge in [-0.25, -0.2) is 15.0 Å². The standard InChI is InChI=1S/C25H28N8O2/c1-14-5-6-18-17(13-29-32-18)21(14)16-12-20(30-23(22(16)26)24(27)35)19-7-9-28-25(31-19)33-10-3-2-4-15(33)8-11-34/h5-7,9,12-13,15,34H,2-4,8,10-11,26H2,1H3,(H2,27,35)(H,29,32). The van der Waals surface area contributed by atoms with Crippen LogP contribution in [0.4, 0.5) is 11.6 Å². The Bertz CT molecular complexity index is 1400. The number of nitrogens with zero attached hydrogens (tertiary/aromatic N) is 5. The first kappa shape index (κ1) is 22.7. The number of hydrogen-bond acceptors (Lipinski definition) is 8. The van der Waals surface area contributed by atoms with Gasteiger partial charge < -0.3 is 21.5 Å². The number of pyridine rings is 1. The third-order valence-corrected chi connectivity index (χ3v) is 6.65. The number of aromatic nitrogens is 5. The minimum absolute atomic E-state index is 0.00584. The number of nitrogens with two attached hydrogens (primary N) is 2. The number of nitrogens with one attached hydrogen (secondary N) is 1. The van der Waals surface area contributed by atoms with Crippen LogP contribution in [-0.4, -0.2) is 55.4 Å². The molecule has 4 aromatic rings. The fraction of sp³-hybridized carbons (Fsp3) is 0.320. The van der Waals surface area contributed by atoms with Crippen LogP contribution in [0, 0.1) is 6.92 Å². The predicted molar refractivity (Wildman–Crippen MR) is 135 cm³/mol. The van der Waals surface area contributed by atoms with Gasteiger partial charge in [0.2, 0.25) is 5.95 Å². The first-order valence-electron chi connectivity index (χ1n) is 11.7. The zero-order valence-electron chi connectivity index (χ0n) is 19.5. The maximum absolute atomic E-state index is 12.3. The Hall–Kier alpha value is -4.05. The van der Waals surface area contributed by atoms with E-state index >= 15 is 0 Å². The number of nitrogen functional groups attached to an aromatic ring is 1. The molecule has 1 atom stereocenters. The summed E-state index contributed by atoms with van der Waals surface area (Å²) < 4.78 is 0. The van der Waals surface area contributed by atoms with Gasteiger partial charge >= 0.3 is 0 Å². The molecule has 6 N–H and O–H groups in total. The van der Waals surface area contributed by atoms with Crippen molar-refractivity contribution in [1.29, 1.82) is 0 Å². The molecule has 4 heterocycles. The summed E-state index contributed by atoms with van der Waals surface area (Å²) in [4.78, 5) is 28.3. The fourth-order valence-electron chi connectivity index (χ4n) is 4.91. The highest BCUT2D eigenvalue weighted by Crippen LogP contribution is 2.38. The highest BCUT2D eigenvalue weighted by Gasteiger charge is 2.25. The molecule has 0 aliphatic carbocycles. The number of primary amides is 1. The van der Waals surface area contributed by atoms with Crippen molar-refractivity contribution in [2.45, 2.75) is 38.6 Å². The smallest absolute Gasteiger partial charge is 0.269 e. The number of aromatic amines is 1. The quantitative estimate of drug-likeness (QED) is 0.333. The second kappa shape index (κ2) is 9.30. The lowest BCUT2D eigenvalue weighted by Crippen LogP contribution is -2.41. The summed E-state index contributed by atoms with van der Waals surface area (Å²) in [6, 6.07) is 7.70. The molecule has 3 aromatic heterocycles. The largest absolute Gasteiger partial charge is 0.396 e. The summed E-state index contributed by atoms with van der Waals surface area (Å²) in [5.74, 6) is -0.134. The average molecular weight is 473 g/mol. The van der Waals surface area contributed by atoms with Gasteiger partial charge in [-0.05, 0) is 61.9 Å². The summed E-state index contributed by atoms with van der Waals surface area (Å²) in [7, 11) is 0. The zero-order chi connectivity index (χ0) is 24.5. The molecule has 180 valence electrons. The molecule has 0 spiro atoms. The molecule has 0 bridgehead atoms. The van der Waals surface area contributed by atoms with Gasteiger partial charge in [-0.2, -0.15) is 5.10 Å². The Morgan fingerprint density at radius 1 is 1.23 bits per heavy atom. The van der Waals surface area contributed by atoms with Gasteiger partial charge in [0.15, 0.2) is 5.69 Å². The number of aliphatic hydroxyl groups is 1. The molecule has 1 amide bonds. The summed E-state index contributed by atoms with van der Waals surface area (Å²) in [6.07, 6.45) is 7.23. The molecule has 1 aliphatic rings. The third kappa shape index (κ3) is 4.17. The lowest BCUT2D eigenvalue weighted by molar-refractivity contribution is 0.0996. The maximum atomic E-state index is 12.3. The number of piperidine rings is 1. The third-order valence-electron chi connectivity index (χ3n) is 6.65. The van der Waals surface area contributed by atoms with Crippen LogP contribution in [0.3, 0.4) is 0 Å². The van der Waals surface area contributed by atoms with E-state index in [4.69, 9.17) is 16.5 Å². The highest BCUT2D eigenvalue weighted by atomic mass is 16.3. The van der Waals surface area contributed by atoms with Gasteiger partial charge in [0.1, 0.15) is 0 Å². The minimum atomic E-state index is -0.712. The SMILES string of the molecule is Cc1ccc2[nH]ncc2c1-c1cc(-c2ccnc(N3CCCCC3CCO)n2)nc(C(N)=O)c1N. The molecule has 5 rings (SSSR count). The monoisotopic (exact) mass is 472 g/mol. The minimum Gasteiger partial charge on any atom is -0.396 e. The molecule has 35 heavy (non-hydrogen) atoms. The summed E-state index contributed by atoms with van der Waals surface area (Å²) in [6.45, 7) is 2.92. The Morgan fingerprint density at radius 3 is 2.89 bits per heavy atom. The predicted octanol–water partition coefficient (Wildman–Crippen LogP) is 2.81. The van der Waals surface area contributed by atoms with E-state index < -0.39 is 5.91 Å². The number of H-pyrrole nitrogens is 1. The number of rotatable bonds is 6. The first-order valence-corrected chi connectivity index (χ1v) is 11.7. The van der Waals surface area contributed by atoms with E-state index in [0.29, 0.717) is 29.3 Å². The maximum Gasteiger partial charge on any atom is 0.269 e. The number of hydrogen-bond donors (Lipinski definition) is 4. The van der Waals surface area contributed by atoms with E-state index in [1.807, 2.05) is 25.1 Å². The van der Waals surface area contributed by atoms with E-state index in [9.17, 15) is 9.90 Å². The van der Waals surface area contributed by atoms with Gasteiger partial charge in [0.05, 0.1) is 28.8 Å². The number of amides is 1. The van der Waals surface area contributed by atoms with Gasteiger partial charge in [0.25, 0.3) is 5.91 Å². The molecule has 1 unspecified atom stereocenters. The van der Waals surface area contributed by atoms with Crippen molar-refractivity contribution in [3.05, 3.63) is 47.9 Å². The molecule has 10 nitrogen and oxygen atoms in total. The normalized spacial score (nSPS) is 16.1. The number of carbonyl (C=O) groups excluding carboxylic acids is 1. The van der Waals surface area contributed by atoms with Gasteiger partial charge in [0, 0.05) is 36.3 Å². The lowest BCUT2D eigenvalue weighted by atomic mass is 9.94. The van der Waals surface area contributed by atoms with Crippen molar-refractivity contribution in [3.63, 3.8) is 0 Å². The number of anilines is 2. The Morgan fingerprint density at radius 2 is 2.09 bits per heavy atom. The van der Waals surface area contributed by atoms with Crippen LogP contribution >= 0.6 is 0 Å². The second-order valence-electron chi connectivity index (χ2n) is 8.87. The molecular formula is C25H28N8O2. The summed E-state index contributed by atoms with van der Waals surface area (Å²) >= 11 is 0. The molecule has 1 fully saturated rings. The molecular weight excluding hydrogens is 444 g/mol. The van der Waals surface area contributed by atoms with Crippen molar-refractivity contribution in [2.75, 3.05) is 23.8 Å². The fourth-order valence-corrected chi connectivity index (χ4v) is 4.91. The topological polar surface area (TPSA) is 160 Å². The number of aliphatic hydroxyl groups excluding tert-OH is 1. The van der Waals surface area contributed by atoms with Crippen molar-refractivity contribution in [1.82, 2.24) is 25.1 Å². The van der Waals surface area contributed by atoms with Crippen LogP contribution in [-0.2, 0) is 0 Å². The van der Waals surface area contributed by atoms with Gasteiger partial charge in [-0.3, -0.25) is 9.89 Å². The Labute approximate surface area is 202 Å². The lowest BCUT2D eigenvalue weighted by Gasteiger charge is -2.35. The highest BCUT2D eigenvalue weighted by molar-refractivity contribution is 6.05. The van der Waals surface area contributed by atoms with E-state index in [1.54, 1.807) is 18.5 Å². The van der Waals surface area contributed by atoms with Gasteiger partial charge in [-0.1, -0.05) is 6.07 Å². The van der Waals surface area contributed by atoms with Crippen molar-refractivity contribution in [3.8, 4) is 22.5 Å². The van der Waals surface area contributed by atoms with Crippen LogP contribution in [0.1, 0.15) is 41.7 Å². The van der Waals surface area contributed by atoms with Gasteiger partial charge in [-0.15, -0.1) is 0 Å². The van der Waals surface area contributed by atoms with Crippen LogP contribution in [0.5, 0.6) is 0 Å². The molecule has 0 radical (unpaired) electrons. The number of fused-ring (bicyclic) bond motifs is 1. The van der Waals surface area contributed by atoms with Crippen molar-refractivity contribution in [2.24, 2.45) is 5.73 Å². The van der Waals surface area contributed by atoms with Crippen molar-refractivity contribution < 1.29 is 9.90 Å². The first-order chi connectivity index (χ1) is 17.0. The molecule has 10 heteroatoms. The number of carbonyl (C=O) groups is 1. The number of aryl methyl sites for hydroxylation is 1. The van der Waals surface area contributed by atoms with Crippen LogP contribution in [0.25, 0.3) is 33.4 Å². The molecule has 1 saturated heterocycles. The van der Waals surface area contributed by atoms with E-state index in [2.05, 4.69) is 25.1 Å².